The number of hydrogen-bond acceptors (Lipinski definition) is 4. The summed E-state index contributed by atoms with van der Waals surface area (Å²) in [6.45, 7) is 3.95. The summed E-state index contributed by atoms with van der Waals surface area (Å²) >= 11 is 0. The number of ether oxygens (including phenoxy) is 1. The van der Waals surface area contributed by atoms with Crippen molar-refractivity contribution in [3.8, 4) is 0 Å². The number of carbonyl (C=O) groups excluding carboxylic acids is 2. The number of aliphatic hydroxyl groups excluding tert-OH is 1. The molecule has 142 valence electrons. The van der Waals surface area contributed by atoms with Crippen molar-refractivity contribution in [2.24, 2.45) is 0 Å². The third-order valence-corrected chi connectivity index (χ3v) is 4.80. The molecule has 0 aromatic heterocycles. The van der Waals surface area contributed by atoms with Crippen LogP contribution < -0.4 is 5.32 Å². The fourth-order valence-electron chi connectivity index (χ4n) is 3.55. The fourth-order valence-corrected chi connectivity index (χ4v) is 3.55. The van der Waals surface area contributed by atoms with Crippen molar-refractivity contribution in [1.82, 2.24) is 10.2 Å². The van der Waals surface area contributed by atoms with Crippen LogP contribution in [0.3, 0.4) is 0 Å². The van der Waals surface area contributed by atoms with Crippen molar-refractivity contribution >= 4 is 17.9 Å². The van der Waals surface area contributed by atoms with E-state index in [4.69, 9.17) is 4.74 Å². The molecular weight excluding hydrogens is 332 g/mol. The molecule has 0 radical (unpaired) electrons. The maximum Gasteiger partial charge on any atom is 0.249 e. The van der Waals surface area contributed by atoms with E-state index in [1.807, 2.05) is 43.3 Å². The molecule has 1 fully saturated rings. The summed E-state index contributed by atoms with van der Waals surface area (Å²) in [7, 11) is 1.47. The van der Waals surface area contributed by atoms with Gasteiger partial charge in [0.1, 0.15) is 6.61 Å². The van der Waals surface area contributed by atoms with Gasteiger partial charge in [0.2, 0.25) is 11.8 Å². The monoisotopic (exact) mass is 360 g/mol. The summed E-state index contributed by atoms with van der Waals surface area (Å²) in [6, 6.07) is 7.58. The quantitative estimate of drug-likeness (QED) is 0.737. The van der Waals surface area contributed by atoms with Crippen molar-refractivity contribution in [2.45, 2.75) is 38.3 Å². The van der Waals surface area contributed by atoms with Crippen LogP contribution in [0.5, 0.6) is 0 Å². The average molecular weight is 360 g/mol. The second-order valence-electron chi connectivity index (χ2n) is 6.40. The molecule has 3 atom stereocenters. The van der Waals surface area contributed by atoms with Crippen LogP contribution in [0, 0.1) is 0 Å². The Labute approximate surface area is 154 Å². The summed E-state index contributed by atoms with van der Waals surface area (Å²) in [6.07, 6.45) is 4.38. The maximum atomic E-state index is 12.4. The van der Waals surface area contributed by atoms with Gasteiger partial charge in [-0.2, -0.15) is 0 Å². The van der Waals surface area contributed by atoms with Gasteiger partial charge in [0.05, 0.1) is 18.7 Å². The Morgan fingerprint density at radius 1 is 1.27 bits per heavy atom. The van der Waals surface area contributed by atoms with E-state index in [0.29, 0.717) is 13.0 Å². The van der Waals surface area contributed by atoms with Gasteiger partial charge in [-0.05, 0) is 18.1 Å². The van der Waals surface area contributed by atoms with E-state index >= 15 is 0 Å². The van der Waals surface area contributed by atoms with Gasteiger partial charge in [0.15, 0.2) is 0 Å². The number of amides is 2. The van der Waals surface area contributed by atoms with Crippen molar-refractivity contribution in [3.05, 3.63) is 41.5 Å². The van der Waals surface area contributed by atoms with Gasteiger partial charge in [0.25, 0.3) is 0 Å². The molecule has 2 rings (SSSR count). The zero-order chi connectivity index (χ0) is 19.1. The van der Waals surface area contributed by atoms with E-state index in [2.05, 4.69) is 5.32 Å². The largest absolute Gasteiger partial charge is 0.394 e. The second-order valence-corrected chi connectivity index (χ2v) is 6.40. The number of methoxy groups -OCH3 is 1. The predicted molar refractivity (Wildman–Crippen MR) is 101 cm³/mol. The molecule has 0 saturated carbocycles. The minimum absolute atomic E-state index is 0.0300. The highest BCUT2D eigenvalue weighted by Crippen LogP contribution is 2.40. The lowest BCUT2D eigenvalue weighted by Crippen LogP contribution is -2.69. The van der Waals surface area contributed by atoms with E-state index in [9.17, 15) is 14.7 Å². The van der Waals surface area contributed by atoms with E-state index < -0.39 is 0 Å². The van der Waals surface area contributed by atoms with Crippen molar-refractivity contribution in [3.63, 3.8) is 0 Å². The lowest BCUT2D eigenvalue weighted by molar-refractivity contribution is -0.155. The summed E-state index contributed by atoms with van der Waals surface area (Å²) in [5.74, 6) is -0.263. The topological polar surface area (TPSA) is 78.9 Å². The fraction of sp³-hybridized carbons (Fsp3) is 0.500. The molecule has 6 heteroatoms. The second kappa shape index (κ2) is 9.50. The Morgan fingerprint density at radius 2 is 1.96 bits per heavy atom. The summed E-state index contributed by atoms with van der Waals surface area (Å²) in [5.41, 5.74) is 2.15. The molecule has 1 aromatic carbocycles. The van der Waals surface area contributed by atoms with Crippen molar-refractivity contribution < 1.29 is 19.4 Å². The number of allylic oxidation sites excluding steroid dienone is 1. The number of aliphatic hydroxyl groups is 1. The van der Waals surface area contributed by atoms with Crippen LogP contribution in [0.2, 0.25) is 0 Å². The number of benzene rings is 1. The Hall–Kier alpha value is -2.18. The third-order valence-electron chi connectivity index (χ3n) is 4.80. The molecular formula is C20H28N2O4. The summed E-state index contributed by atoms with van der Waals surface area (Å²) < 4.78 is 4.96. The van der Waals surface area contributed by atoms with E-state index in [-0.39, 0.29) is 43.0 Å². The zero-order valence-electron chi connectivity index (χ0n) is 15.6. The first kappa shape index (κ1) is 20.1. The predicted octanol–water partition coefficient (Wildman–Crippen LogP) is 1.55. The van der Waals surface area contributed by atoms with E-state index in [1.54, 1.807) is 11.8 Å². The molecule has 0 spiro atoms. The number of hydrogen-bond donors (Lipinski definition) is 2. The molecule has 0 unspecified atom stereocenters. The number of likely N-dealkylation sites (tertiary alicyclic amines) is 1. The first-order chi connectivity index (χ1) is 12.6. The van der Waals surface area contributed by atoms with Gasteiger partial charge in [0, 0.05) is 26.0 Å². The molecule has 2 N–H and O–H groups in total. The molecule has 1 aliphatic heterocycles. The van der Waals surface area contributed by atoms with Crippen LogP contribution >= 0.6 is 0 Å². The SMILES string of the molecule is C/C=C/c1ccc([C@@H]2[C@@H](CO)N(C(=O)COC)[C@H]2CNC(=O)CC)cc1. The molecule has 2 amide bonds. The smallest absolute Gasteiger partial charge is 0.249 e. The Balaban J connectivity index is 2.24. The molecule has 1 aliphatic rings. The highest BCUT2D eigenvalue weighted by atomic mass is 16.5. The van der Waals surface area contributed by atoms with Gasteiger partial charge >= 0.3 is 0 Å². The van der Waals surface area contributed by atoms with Crippen LogP contribution in [0.1, 0.15) is 37.3 Å². The van der Waals surface area contributed by atoms with E-state index in [0.717, 1.165) is 11.1 Å². The van der Waals surface area contributed by atoms with Gasteiger partial charge in [-0.15, -0.1) is 0 Å². The number of nitrogens with one attached hydrogen (secondary N) is 1. The number of carbonyl (C=O) groups is 2. The summed E-state index contributed by atoms with van der Waals surface area (Å²) in [5, 5.41) is 12.7. The summed E-state index contributed by atoms with van der Waals surface area (Å²) in [4.78, 5) is 25.7. The minimum Gasteiger partial charge on any atom is -0.394 e. The third kappa shape index (κ3) is 4.31. The molecule has 0 bridgehead atoms. The Bertz CT molecular complexity index is 642. The standard InChI is InChI=1S/C20H28N2O4/c1-4-6-14-7-9-15(10-8-14)20-16(11-21-18(24)5-2)22(17(20)12-23)19(25)13-26-3/h4,6-10,16-17,20,23H,5,11-13H2,1-3H3,(H,21,24)/b6-4+/t16-,17+,20-/m0/s1. The normalized spacial score (nSPS) is 22.3. The van der Waals surface area contributed by atoms with Gasteiger partial charge < -0.3 is 20.1 Å². The van der Waals surface area contributed by atoms with Gasteiger partial charge in [-0.25, -0.2) is 0 Å². The molecule has 1 saturated heterocycles. The Kier molecular flexibility index (Phi) is 7.36. The van der Waals surface area contributed by atoms with Crippen LogP contribution in [0.15, 0.2) is 30.3 Å². The highest BCUT2D eigenvalue weighted by molar-refractivity contribution is 5.80. The van der Waals surface area contributed by atoms with Crippen molar-refractivity contribution in [1.29, 1.82) is 0 Å². The molecule has 1 aromatic rings. The number of rotatable bonds is 8. The van der Waals surface area contributed by atoms with Crippen LogP contribution in [-0.2, 0) is 14.3 Å². The lowest BCUT2D eigenvalue weighted by Gasteiger charge is -2.55. The zero-order valence-corrected chi connectivity index (χ0v) is 15.6. The van der Waals surface area contributed by atoms with E-state index in [1.165, 1.54) is 7.11 Å². The molecule has 6 nitrogen and oxygen atoms in total. The average Bonchev–Trinajstić information content (AvgIpc) is 2.62. The van der Waals surface area contributed by atoms with Crippen LogP contribution in [-0.4, -0.2) is 60.8 Å². The lowest BCUT2D eigenvalue weighted by atomic mass is 9.74. The van der Waals surface area contributed by atoms with Crippen LogP contribution in [0.25, 0.3) is 6.08 Å². The van der Waals surface area contributed by atoms with Gasteiger partial charge in [-0.3, -0.25) is 9.59 Å². The van der Waals surface area contributed by atoms with Crippen molar-refractivity contribution in [2.75, 3.05) is 26.9 Å². The minimum atomic E-state index is -0.311. The number of nitrogens with zero attached hydrogens (tertiary/aromatic N) is 1. The highest BCUT2D eigenvalue weighted by Gasteiger charge is 2.50. The van der Waals surface area contributed by atoms with Crippen LogP contribution in [0.4, 0.5) is 0 Å². The first-order valence-corrected chi connectivity index (χ1v) is 8.97. The molecule has 0 aliphatic carbocycles. The molecule has 1 heterocycles. The van der Waals surface area contributed by atoms with Gasteiger partial charge in [-0.1, -0.05) is 43.3 Å². The Morgan fingerprint density at radius 3 is 2.50 bits per heavy atom. The first-order valence-electron chi connectivity index (χ1n) is 8.97. The maximum absolute atomic E-state index is 12.4. The molecule has 26 heavy (non-hydrogen) atoms.